The maximum absolute atomic E-state index is 12.6. The van der Waals surface area contributed by atoms with Crippen molar-refractivity contribution in [3.05, 3.63) is 30.1 Å². The topological polar surface area (TPSA) is 63.9 Å². The number of likely N-dealkylation sites (tertiary alicyclic amines) is 1. The summed E-state index contributed by atoms with van der Waals surface area (Å²) in [6.07, 6.45) is 9.27. The van der Waals surface area contributed by atoms with Gasteiger partial charge in [-0.2, -0.15) is 0 Å². The molecule has 1 aliphatic rings. The van der Waals surface area contributed by atoms with Gasteiger partial charge in [0.15, 0.2) is 0 Å². The minimum Gasteiger partial charge on any atom is -0.342 e. The highest BCUT2D eigenvalue weighted by molar-refractivity contribution is 5.78. The molecule has 3 rings (SSSR count). The second-order valence-corrected chi connectivity index (χ2v) is 7.19. The summed E-state index contributed by atoms with van der Waals surface area (Å²) in [5.41, 5.74) is 2.87. The molecule has 0 atom stereocenters. The van der Waals surface area contributed by atoms with Gasteiger partial charge in [-0.25, -0.2) is 9.97 Å². The van der Waals surface area contributed by atoms with Crippen molar-refractivity contribution < 1.29 is 4.79 Å². The molecule has 1 saturated heterocycles. The van der Waals surface area contributed by atoms with E-state index in [0.29, 0.717) is 11.8 Å². The molecule has 0 unspecified atom stereocenters. The Morgan fingerprint density at radius 3 is 2.46 bits per heavy atom. The molecule has 0 bridgehead atoms. The number of hydrogen-bond acceptors (Lipinski definition) is 4. The third-order valence-electron chi connectivity index (χ3n) is 5.70. The fourth-order valence-electron chi connectivity index (χ4n) is 3.73. The zero-order chi connectivity index (χ0) is 18.7. The van der Waals surface area contributed by atoms with Gasteiger partial charge in [-0.3, -0.25) is 9.78 Å². The van der Waals surface area contributed by atoms with Crippen LogP contribution in [0.25, 0.3) is 11.4 Å². The largest absolute Gasteiger partial charge is 0.342 e. The normalized spacial score (nSPS) is 15.7. The average Bonchev–Trinajstić information content (AvgIpc) is 3.02. The maximum Gasteiger partial charge on any atom is 0.225 e. The van der Waals surface area contributed by atoms with E-state index in [4.69, 9.17) is 4.98 Å². The lowest BCUT2D eigenvalue weighted by atomic mass is 9.92. The second kappa shape index (κ2) is 7.98. The van der Waals surface area contributed by atoms with Gasteiger partial charge < -0.3 is 9.47 Å². The van der Waals surface area contributed by atoms with Gasteiger partial charge in [0, 0.05) is 38.2 Å². The van der Waals surface area contributed by atoms with Gasteiger partial charge in [-0.1, -0.05) is 13.8 Å². The third kappa shape index (κ3) is 3.64. The molecule has 0 N–H and O–H groups in total. The lowest BCUT2D eigenvalue weighted by Crippen LogP contribution is -2.41. The lowest BCUT2D eigenvalue weighted by Gasteiger charge is -2.33. The van der Waals surface area contributed by atoms with E-state index in [0.717, 1.165) is 61.7 Å². The Kier molecular flexibility index (Phi) is 5.69. The van der Waals surface area contributed by atoms with E-state index >= 15 is 0 Å². The van der Waals surface area contributed by atoms with Crippen LogP contribution in [0, 0.1) is 12.8 Å². The van der Waals surface area contributed by atoms with Crippen molar-refractivity contribution in [2.45, 2.75) is 52.4 Å². The van der Waals surface area contributed by atoms with Gasteiger partial charge in [-0.15, -0.1) is 0 Å². The standard InChI is InChI=1S/C20H29N5O/c1-5-15(6-2)20(26)25-9-7-16(8-10-25)17-11-21-12-18(23-17)19-13-22-14(3)24(19)4/h11-13,15-16H,5-10H2,1-4H3. The number of aryl methyl sites for hydroxylation is 1. The van der Waals surface area contributed by atoms with E-state index < -0.39 is 0 Å². The van der Waals surface area contributed by atoms with Crippen molar-refractivity contribution >= 4 is 5.91 Å². The smallest absolute Gasteiger partial charge is 0.225 e. The summed E-state index contributed by atoms with van der Waals surface area (Å²) in [7, 11) is 1.99. The molecule has 2 aromatic heterocycles. The molecular weight excluding hydrogens is 326 g/mol. The fourth-order valence-corrected chi connectivity index (χ4v) is 3.73. The van der Waals surface area contributed by atoms with Gasteiger partial charge in [0.05, 0.1) is 23.8 Å². The number of piperidine rings is 1. The summed E-state index contributed by atoms with van der Waals surface area (Å²) >= 11 is 0. The first-order valence-electron chi connectivity index (χ1n) is 9.64. The molecule has 0 radical (unpaired) electrons. The van der Waals surface area contributed by atoms with Crippen LogP contribution in [0.15, 0.2) is 18.6 Å². The van der Waals surface area contributed by atoms with E-state index in [-0.39, 0.29) is 5.92 Å². The first-order valence-corrected chi connectivity index (χ1v) is 9.64. The highest BCUT2D eigenvalue weighted by Crippen LogP contribution is 2.29. The van der Waals surface area contributed by atoms with Gasteiger partial charge >= 0.3 is 0 Å². The maximum atomic E-state index is 12.6. The minimum absolute atomic E-state index is 0.169. The van der Waals surface area contributed by atoms with Crippen LogP contribution in [0.3, 0.4) is 0 Å². The summed E-state index contributed by atoms with van der Waals surface area (Å²) in [4.78, 5) is 28.2. The van der Waals surface area contributed by atoms with Crippen molar-refractivity contribution in [2.24, 2.45) is 13.0 Å². The Morgan fingerprint density at radius 1 is 1.19 bits per heavy atom. The van der Waals surface area contributed by atoms with E-state index in [1.165, 1.54) is 0 Å². The van der Waals surface area contributed by atoms with Crippen LogP contribution < -0.4 is 0 Å². The number of hydrogen-bond donors (Lipinski definition) is 0. The van der Waals surface area contributed by atoms with E-state index in [1.54, 1.807) is 6.20 Å². The summed E-state index contributed by atoms with van der Waals surface area (Å²) in [5.74, 6) is 1.81. The first-order chi connectivity index (χ1) is 12.5. The number of aromatic nitrogens is 4. The molecule has 2 aromatic rings. The van der Waals surface area contributed by atoms with Crippen LogP contribution in [0.5, 0.6) is 0 Å². The quantitative estimate of drug-likeness (QED) is 0.825. The first kappa shape index (κ1) is 18.5. The zero-order valence-corrected chi connectivity index (χ0v) is 16.3. The Morgan fingerprint density at radius 2 is 1.88 bits per heavy atom. The zero-order valence-electron chi connectivity index (χ0n) is 16.3. The minimum atomic E-state index is 0.169. The third-order valence-corrected chi connectivity index (χ3v) is 5.70. The highest BCUT2D eigenvalue weighted by atomic mass is 16.2. The number of carbonyl (C=O) groups excluding carboxylic acids is 1. The molecule has 1 aliphatic heterocycles. The molecule has 6 nitrogen and oxygen atoms in total. The molecule has 26 heavy (non-hydrogen) atoms. The molecule has 0 aromatic carbocycles. The summed E-state index contributed by atoms with van der Waals surface area (Å²) in [5, 5.41) is 0. The van der Waals surface area contributed by atoms with Crippen molar-refractivity contribution in [2.75, 3.05) is 13.1 Å². The van der Waals surface area contributed by atoms with Crippen molar-refractivity contribution in [1.29, 1.82) is 0 Å². The Hall–Kier alpha value is -2.24. The predicted molar refractivity (Wildman–Crippen MR) is 102 cm³/mol. The molecule has 0 aliphatic carbocycles. The monoisotopic (exact) mass is 355 g/mol. The molecule has 1 amide bonds. The van der Waals surface area contributed by atoms with Crippen LogP contribution in [0.1, 0.15) is 57.0 Å². The van der Waals surface area contributed by atoms with E-state index in [1.807, 2.05) is 35.8 Å². The lowest BCUT2D eigenvalue weighted by molar-refractivity contribution is -0.136. The molecule has 0 saturated carbocycles. The number of rotatable bonds is 5. The van der Waals surface area contributed by atoms with Crippen molar-refractivity contribution in [3.63, 3.8) is 0 Å². The van der Waals surface area contributed by atoms with E-state index in [9.17, 15) is 4.79 Å². The van der Waals surface area contributed by atoms with Crippen molar-refractivity contribution in [1.82, 2.24) is 24.4 Å². The Bertz CT molecular complexity index is 757. The molecule has 1 fully saturated rings. The molecule has 6 heteroatoms. The van der Waals surface area contributed by atoms with Crippen LogP contribution in [0.2, 0.25) is 0 Å². The Labute approximate surface area is 155 Å². The number of imidazole rings is 1. The average molecular weight is 355 g/mol. The fraction of sp³-hybridized carbons (Fsp3) is 0.600. The van der Waals surface area contributed by atoms with Crippen LogP contribution in [0.4, 0.5) is 0 Å². The molecule has 0 spiro atoms. The van der Waals surface area contributed by atoms with Gasteiger partial charge in [0.2, 0.25) is 5.91 Å². The second-order valence-electron chi connectivity index (χ2n) is 7.19. The SMILES string of the molecule is CCC(CC)C(=O)N1CCC(c2cncc(-c3cnc(C)n3C)n2)CC1. The Balaban J connectivity index is 1.69. The summed E-state index contributed by atoms with van der Waals surface area (Å²) in [6, 6.07) is 0. The van der Waals surface area contributed by atoms with Gasteiger partial charge in [0.1, 0.15) is 11.5 Å². The number of amides is 1. The molecule has 3 heterocycles. The highest BCUT2D eigenvalue weighted by Gasteiger charge is 2.28. The van der Waals surface area contributed by atoms with Gasteiger partial charge in [-0.05, 0) is 32.6 Å². The van der Waals surface area contributed by atoms with Crippen LogP contribution in [-0.2, 0) is 11.8 Å². The number of nitrogens with zero attached hydrogens (tertiary/aromatic N) is 5. The number of carbonyl (C=O) groups is 1. The molecule has 140 valence electrons. The molecular formula is C20H29N5O. The summed E-state index contributed by atoms with van der Waals surface area (Å²) in [6.45, 7) is 7.81. The van der Waals surface area contributed by atoms with Crippen molar-refractivity contribution in [3.8, 4) is 11.4 Å². The van der Waals surface area contributed by atoms with Crippen LogP contribution >= 0.6 is 0 Å². The van der Waals surface area contributed by atoms with Crippen LogP contribution in [-0.4, -0.2) is 43.4 Å². The van der Waals surface area contributed by atoms with Gasteiger partial charge in [0.25, 0.3) is 0 Å². The van der Waals surface area contributed by atoms with E-state index in [2.05, 4.69) is 23.8 Å². The summed E-state index contributed by atoms with van der Waals surface area (Å²) < 4.78 is 2.03. The predicted octanol–water partition coefficient (Wildman–Crippen LogP) is 3.33.